The predicted octanol–water partition coefficient (Wildman–Crippen LogP) is 6.55. The maximum absolute atomic E-state index is 14.4. The van der Waals surface area contributed by atoms with Gasteiger partial charge in [0.2, 0.25) is 11.5 Å². The number of nitrogens with zero attached hydrogens (tertiary/aromatic N) is 1. The molecule has 11 nitrogen and oxygen atoms in total. The fourth-order valence-corrected chi connectivity index (χ4v) is 6.10. The van der Waals surface area contributed by atoms with Crippen LogP contribution in [0.4, 0.5) is 0 Å². The van der Waals surface area contributed by atoms with Crippen molar-refractivity contribution in [2.75, 3.05) is 6.61 Å². The molecule has 1 heterocycles. The van der Waals surface area contributed by atoms with Gasteiger partial charge in [0.15, 0.2) is 12.4 Å². The molecule has 0 saturated carbocycles. The number of nitrogens with one attached hydrogen (secondary N) is 2. The van der Waals surface area contributed by atoms with Crippen molar-refractivity contribution in [1.29, 1.82) is 0 Å². The lowest BCUT2D eigenvalue weighted by atomic mass is 9.84. The van der Waals surface area contributed by atoms with Crippen LogP contribution < -0.4 is 10.6 Å². The molecule has 53 heavy (non-hydrogen) atoms. The summed E-state index contributed by atoms with van der Waals surface area (Å²) in [5, 5.41) is 10.00. The second kappa shape index (κ2) is 18.2. The number of esters is 2. The number of benzene rings is 3. The Balaban J connectivity index is 1.58. The van der Waals surface area contributed by atoms with Crippen molar-refractivity contribution in [2.24, 2.45) is 11.1 Å². The highest BCUT2D eigenvalue weighted by Gasteiger charge is 2.49. The molecule has 1 aliphatic rings. The first-order valence-corrected chi connectivity index (χ1v) is 17.8. The smallest absolute Gasteiger partial charge is 0.341 e. The van der Waals surface area contributed by atoms with E-state index in [9.17, 15) is 24.0 Å². The van der Waals surface area contributed by atoms with Gasteiger partial charge < -0.3 is 24.9 Å². The molecule has 3 aromatic rings. The van der Waals surface area contributed by atoms with Crippen LogP contribution in [0.5, 0.6) is 0 Å². The summed E-state index contributed by atoms with van der Waals surface area (Å²) in [4.78, 5) is 72.8. The van der Waals surface area contributed by atoms with Gasteiger partial charge >= 0.3 is 11.9 Å². The van der Waals surface area contributed by atoms with Crippen molar-refractivity contribution in [2.45, 2.75) is 77.2 Å². The van der Waals surface area contributed by atoms with E-state index in [0.29, 0.717) is 5.71 Å². The number of hydrogen-bond acceptors (Lipinski definition) is 9. The molecule has 3 atom stereocenters. The zero-order chi connectivity index (χ0) is 38.8. The maximum Gasteiger partial charge on any atom is 0.341 e. The molecule has 2 N–H and O–H groups in total. The fraction of sp³-hybridized carbons (Fsp3) is 0.350. The first kappa shape index (κ1) is 40.8. The molecule has 0 fully saturated rings. The average molecular weight is 765 g/mol. The number of ether oxygens (including phenoxy) is 2. The third kappa shape index (κ3) is 11.8. The number of carbonyl (C=O) groups excluding carboxylic acids is 5. The van der Waals surface area contributed by atoms with Gasteiger partial charge in [-0.3, -0.25) is 19.2 Å². The van der Waals surface area contributed by atoms with E-state index in [2.05, 4.69) is 15.8 Å². The minimum Gasteiger partial charge on any atom is -0.460 e. The third-order valence-corrected chi connectivity index (χ3v) is 8.73. The molecule has 280 valence electrons. The van der Waals surface area contributed by atoms with Crippen LogP contribution in [0.3, 0.4) is 0 Å². The monoisotopic (exact) mass is 763 g/mol. The molecule has 0 bridgehead atoms. The molecule has 4 rings (SSSR count). The lowest BCUT2D eigenvalue weighted by Gasteiger charge is -2.29. The van der Waals surface area contributed by atoms with Crippen molar-refractivity contribution in [3.63, 3.8) is 0 Å². The average Bonchev–Trinajstić information content (AvgIpc) is 3.52. The number of carbonyl (C=O) groups is 5. The molecular formula is C40H43Cl2N3O8. The summed E-state index contributed by atoms with van der Waals surface area (Å²) in [6.45, 7) is 7.97. The van der Waals surface area contributed by atoms with Gasteiger partial charge in [0.05, 0.1) is 33.8 Å². The Labute approximate surface area is 319 Å². The molecule has 13 heteroatoms. The summed E-state index contributed by atoms with van der Waals surface area (Å²) in [6, 6.07) is 20.8. The first-order chi connectivity index (χ1) is 25.1. The lowest BCUT2D eigenvalue weighted by molar-refractivity contribution is -0.157. The summed E-state index contributed by atoms with van der Waals surface area (Å²) >= 11 is 12.3. The number of hydrogen-bond donors (Lipinski definition) is 2. The normalized spacial score (nSPS) is 16.6. The number of halogens is 2. The van der Waals surface area contributed by atoms with Gasteiger partial charge in [-0.15, -0.1) is 0 Å². The minimum absolute atomic E-state index is 0.0219. The molecular weight excluding hydrogens is 721 g/mol. The fourth-order valence-electron chi connectivity index (χ4n) is 5.55. The highest BCUT2D eigenvalue weighted by Crippen LogP contribution is 2.32. The minimum atomic E-state index is -1.68. The number of ketones is 1. The van der Waals surface area contributed by atoms with E-state index in [1.807, 2.05) is 74.5 Å². The second-order valence-corrected chi connectivity index (χ2v) is 14.8. The lowest BCUT2D eigenvalue weighted by Crippen LogP contribution is -2.55. The first-order valence-electron chi connectivity index (χ1n) is 17.1. The second-order valence-electron chi connectivity index (χ2n) is 13.9. The molecule has 3 aromatic carbocycles. The largest absolute Gasteiger partial charge is 0.460 e. The van der Waals surface area contributed by atoms with Crippen LogP contribution in [0.25, 0.3) is 6.08 Å². The molecule has 0 saturated heterocycles. The molecule has 0 aliphatic carbocycles. The van der Waals surface area contributed by atoms with Crippen molar-refractivity contribution >= 4 is 64.5 Å². The Morgan fingerprint density at radius 1 is 0.906 bits per heavy atom. The van der Waals surface area contributed by atoms with Gasteiger partial charge in [-0.05, 0) is 56.0 Å². The molecule has 0 spiro atoms. The van der Waals surface area contributed by atoms with E-state index >= 15 is 0 Å². The summed E-state index contributed by atoms with van der Waals surface area (Å²) in [5.41, 5.74) is -0.710. The topological polar surface area (TPSA) is 149 Å². The highest BCUT2D eigenvalue weighted by molar-refractivity contribution is 6.39. The van der Waals surface area contributed by atoms with Crippen LogP contribution in [0.1, 0.15) is 68.9 Å². The Morgan fingerprint density at radius 3 is 2.13 bits per heavy atom. The zero-order valence-corrected chi connectivity index (χ0v) is 31.7. The Morgan fingerprint density at radius 2 is 1.53 bits per heavy atom. The molecule has 2 amide bonds. The van der Waals surface area contributed by atoms with Gasteiger partial charge in [-0.25, -0.2) is 4.79 Å². The number of Topliss-reactive ketones (excluding diaryl/α,β-unsaturated/α-hetero) is 1. The zero-order valence-electron chi connectivity index (χ0n) is 30.2. The van der Waals surface area contributed by atoms with E-state index in [0.717, 1.165) is 11.1 Å². The SMILES string of the molecule is CC(C)[C@H](NC(=O)C=Cc1ccccc1)C1=NOC(Cc2ccccc2)(C(=O)N[C@@H](CC(=O)OC(C)(C)C)C(=O)COC(=O)c2c(Cl)cccc2Cl)C1. The molecule has 1 unspecified atom stereocenters. The van der Waals surface area contributed by atoms with E-state index in [4.69, 9.17) is 37.5 Å². The molecule has 0 aromatic heterocycles. The van der Waals surface area contributed by atoms with E-state index < -0.39 is 59.9 Å². The third-order valence-electron chi connectivity index (χ3n) is 8.10. The maximum atomic E-state index is 14.4. The van der Waals surface area contributed by atoms with E-state index in [1.165, 1.54) is 18.2 Å². The van der Waals surface area contributed by atoms with E-state index in [-0.39, 0.29) is 40.3 Å². The number of amides is 2. The predicted molar refractivity (Wildman–Crippen MR) is 202 cm³/mol. The number of oxime groups is 1. The van der Waals surface area contributed by atoms with Crippen molar-refractivity contribution in [3.8, 4) is 0 Å². The van der Waals surface area contributed by atoms with Gasteiger partial charge in [0.25, 0.3) is 5.91 Å². The van der Waals surface area contributed by atoms with Crippen LogP contribution in [-0.4, -0.2) is 65.1 Å². The van der Waals surface area contributed by atoms with Crippen molar-refractivity contribution in [1.82, 2.24) is 10.6 Å². The van der Waals surface area contributed by atoms with Crippen LogP contribution >= 0.6 is 23.2 Å². The summed E-state index contributed by atoms with van der Waals surface area (Å²) < 4.78 is 10.7. The van der Waals surface area contributed by atoms with E-state index in [1.54, 1.807) is 32.9 Å². The number of rotatable bonds is 15. The van der Waals surface area contributed by atoms with Crippen molar-refractivity contribution < 1.29 is 38.3 Å². The van der Waals surface area contributed by atoms with Gasteiger partial charge in [0.1, 0.15) is 11.6 Å². The Bertz CT molecular complexity index is 1840. The molecule has 0 radical (unpaired) electrons. The van der Waals surface area contributed by atoms with Crippen molar-refractivity contribution in [3.05, 3.63) is 112 Å². The summed E-state index contributed by atoms with van der Waals surface area (Å²) in [5.74, 6) is -3.80. The molecule has 1 aliphatic heterocycles. The van der Waals surface area contributed by atoms with Crippen LogP contribution in [0.15, 0.2) is 90.1 Å². The summed E-state index contributed by atoms with van der Waals surface area (Å²) in [7, 11) is 0. The van der Waals surface area contributed by atoms with Crippen LogP contribution in [-0.2, 0) is 39.9 Å². The Kier molecular flexibility index (Phi) is 14.0. The van der Waals surface area contributed by atoms with Crippen LogP contribution in [0, 0.1) is 5.92 Å². The van der Waals surface area contributed by atoms with Gasteiger partial charge in [0, 0.05) is 18.9 Å². The Hall–Kier alpha value is -5.00. The highest BCUT2D eigenvalue weighted by atomic mass is 35.5. The summed E-state index contributed by atoms with van der Waals surface area (Å²) in [6.07, 6.45) is 2.53. The van der Waals surface area contributed by atoms with Gasteiger partial charge in [-0.1, -0.05) is 109 Å². The van der Waals surface area contributed by atoms with Crippen LogP contribution in [0.2, 0.25) is 10.0 Å². The quantitative estimate of drug-likeness (QED) is 0.131. The standard InChI is InChI=1S/C40H43Cl2N3O8/c1-25(2)36(44-33(47)20-19-26-13-8-6-9-14-26)31-23-40(53-45-31,22-27-15-10-7-11-16-27)38(50)43-30(21-34(48)52-39(3,4)5)32(46)24-51-37(49)35-28(41)17-12-18-29(35)42/h6-20,25,30,36H,21-24H2,1-5H3,(H,43,50)(H,44,47)/t30-,36-,40?/m0/s1. The van der Waals surface area contributed by atoms with Gasteiger partial charge in [-0.2, -0.15) is 0 Å².